The van der Waals surface area contributed by atoms with Gasteiger partial charge in [-0.2, -0.15) is 0 Å². The summed E-state index contributed by atoms with van der Waals surface area (Å²) in [6.07, 6.45) is 4.05. The van der Waals surface area contributed by atoms with Crippen molar-refractivity contribution in [3.05, 3.63) is 0 Å². The smallest absolute Gasteiger partial charge is 0.320 e. The highest BCUT2D eigenvalue weighted by molar-refractivity contribution is 5.83. The number of rotatable bonds is 3. The number of primary amides is 1. The molecule has 2 fully saturated rings. The Morgan fingerprint density at radius 1 is 1.30 bits per heavy atom. The van der Waals surface area contributed by atoms with Crippen molar-refractivity contribution in [3.8, 4) is 0 Å². The number of likely N-dealkylation sites (tertiary alicyclic amines) is 1. The van der Waals surface area contributed by atoms with E-state index < -0.39 is 5.91 Å². The van der Waals surface area contributed by atoms with Crippen LogP contribution in [0.1, 0.15) is 32.6 Å². The Morgan fingerprint density at radius 3 is 2.55 bits per heavy atom. The van der Waals surface area contributed by atoms with Crippen LogP contribution >= 0.6 is 0 Å². The van der Waals surface area contributed by atoms with Crippen molar-refractivity contribution < 1.29 is 9.59 Å². The molecule has 2 heterocycles. The molecule has 3 N–H and O–H groups in total. The van der Waals surface area contributed by atoms with Gasteiger partial charge in [-0.1, -0.05) is 6.92 Å². The van der Waals surface area contributed by atoms with E-state index in [1.54, 1.807) is 4.90 Å². The van der Waals surface area contributed by atoms with Crippen molar-refractivity contribution in [1.82, 2.24) is 15.1 Å². The molecule has 0 spiro atoms. The molecule has 0 aromatic carbocycles. The van der Waals surface area contributed by atoms with Crippen LogP contribution in [0, 0.1) is 5.92 Å². The summed E-state index contributed by atoms with van der Waals surface area (Å²) in [4.78, 5) is 27.5. The van der Waals surface area contributed by atoms with E-state index in [9.17, 15) is 9.59 Å². The lowest BCUT2D eigenvalue weighted by molar-refractivity contribution is -0.119. The maximum absolute atomic E-state index is 12.7. The summed E-state index contributed by atoms with van der Waals surface area (Å²) in [6, 6.07) is 0.0625. The second-order valence-electron chi connectivity index (χ2n) is 6.05. The summed E-state index contributed by atoms with van der Waals surface area (Å²) in [5.41, 5.74) is 5.32. The highest BCUT2D eigenvalue weighted by atomic mass is 16.2. The van der Waals surface area contributed by atoms with Gasteiger partial charge in [-0.05, 0) is 38.1 Å². The van der Waals surface area contributed by atoms with Gasteiger partial charge in [-0.15, -0.1) is 0 Å². The van der Waals surface area contributed by atoms with Crippen LogP contribution in [0.5, 0.6) is 0 Å². The minimum atomic E-state index is -0.436. The Kier molecular flexibility index (Phi) is 5.23. The first-order valence-electron chi connectivity index (χ1n) is 7.62. The van der Waals surface area contributed by atoms with Crippen LogP contribution in [-0.2, 0) is 4.79 Å². The van der Waals surface area contributed by atoms with E-state index in [-0.39, 0.29) is 18.6 Å². The molecule has 20 heavy (non-hydrogen) atoms. The largest absolute Gasteiger partial charge is 0.368 e. The first-order chi connectivity index (χ1) is 9.58. The van der Waals surface area contributed by atoms with Crippen LogP contribution in [-0.4, -0.2) is 60.5 Å². The third-order valence-corrected chi connectivity index (χ3v) is 4.34. The maximum atomic E-state index is 12.7. The number of piperidine rings is 2. The Labute approximate surface area is 120 Å². The first kappa shape index (κ1) is 15.1. The van der Waals surface area contributed by atoms with Crippen molar-refractivity contribution in [2.45, 2.75) is 38.6 Å². The van der Waals surface area contributed by atoms with Gasteiger partial charge in [0.2, 0.25) is 5.91 Å². The number of nitrogens with zero attached hydrogens (tertiary/aromatic N) is 2. The summed E-state index contributed by atoms with van der Waals surface area (Å²) in [7, 11) is 0. The number of hydrogen-bond acceptors (Lipinski definition) is 3. The molecule has 3 amide bonds. The van der Waals surface area contributed by atoms with E-state index in [0.717, 1.165) is 51.9 Å². The number of nitrogens with one attached hydrogen (secondary N) is 1. The van der Waals surface area contributed by atoms with Crippen molar-refractivity contribution >= 4 is 11.9 Å². The van der Waals surface area contributed by atoms with E-state index >= 15 is 0 Å². The fraction of sp³-hybridized carbons (Fsp3) is 0.857. The lowest BCUT2D eigenvalue weighted by atomic mass is 9.99. The first-order valence-corrected chi connectivity index (χ1v) is 7.62. The molecule has 2 rings (SSSR count). The third kappa shape index (κ3) is 3.85. The monoisotopic (exact) mass is 282 g/mol. The Balaban J connectivity index is 2.01. The number of amides is 3. The summed E-state index contributed by atoms with van der Waals surface area (Å²) >= 11 is 0. The van der Waals surface area contributed by atoms with Crippen molar-refractivity contribution in [2.24, 2.45) is 11.7 Å². The number of carbonyl (C=O) groups excluding carboxylic acids is 2. The van der Waals surface area contributed by atoms with E-state index in [2.05, 4.69) is 12.2 Å². The lowest BCUT2D eigenvalue weighted by Gasteiger charge is -2.39. The van der Waals surface area contributed by atoms with Gasteiger partial charge in [0.1, 0.15) is 6.54 Å². The van der Waals surface area contributed by atoms with Crippen LogP contribution in [0.15, 0.2) is 0 Å². The number of carbonyl (C=O) groups is 2. The standard InChI is InChI=1S/C14H26N4O2/c1-11-4-7-17(8-5-11)14(20)18(10-13(15)19)12-3-2-6-16-9-12/h11-12,16H,2-10H2,1H3,(H2,15,19). The Hall–Kier alpha value is -1.30. The van der Waals surface area contributed by atoms with E-state index in [0.29, 0.717) is 5.92 Å². The highest BCUT2D eigenvalue weighted by Gasteiger charge is 2.31. The van der Waals surface area contributed by atoms with E-state index in [4.69, 9.17) is 5.73 Å². The molecule has 1 atom stereocenters. The summed E-state index contributed by atoms with van der Waals surface area (Å²) in [5.74, 6) is 0.245. The molecule has 0 aromatic rings. The SMILES string of the molecule is CC1CCN(C(=O)N(CC(N)=O)C2CCCNC2)CC1. The van der Waals surface area contributed by atoms with Crippen LogP contribution in [0.2, 0.25) is 0 Å². The molecule has 1 unspecified atom stereocenters. The molecule has 114 valence electrons. The molecule has 0 bridgehead atoms. The predicted octanol–water partition coefficient (Wildman–Crippen LogP) is 0.378. The van der Waals surface area contributed by atoms with Gasteiger partial charge >= 0.3 is 6.03 Å². The minimum absolute atomic E-state index is 0.0237. The maximum Gasteiger partial charge on any atom is 0.320 e. The number of hydrogen-bond donors (Lipinski definition) is 2. The zero-order chi connectivity index (χ0) is 14.5. The average molecular weight is 282 g/mol. The molecule has 0 saturated carbocycles. The van der Waals surface area contributed by atoms with E-state index in [1.807, 2.05) is 4.90 Å². The van der Waals surface area contributed by atoms with Crippen LogP contribution < -0.4 is 11.1 Å². The highest BCUT2D eigenvalue weighted by Crippen LogP contribution is 2.19. The fourth-order valence-corrected chi connectivity index (χ4v) is 3.00. The van der Waals surface area contributed by atoms with Crippen LogP contribution in [0.25, 0.3) is 0 Å². The lowest BCUT2D eigenvalue weighted by Crippen LogP contribution is -2.56. The predicted molar refractivity (Wildman–Crippen MR) is 77.2 cm³/mol. The normalized spacial score (nSPS) is 24.4. The fourth-order valence-electron chi connectivity index (χ4n) is 3.00. The van der Waals surface area contributed by atoms with Gasteiger partial charge in [0.15, 0.2) is 0 Å². The van der Waals surface area contributed by atoms with Gasteiger partial charge in [0, 0.05) is 25.7 Å². The zero-order valence-corrected chi connectivity index (χ0v) is 12.3. The van der Waals surface area contributed by atoms with Gasteiger partial charge < -0.3 is 20.9 Å². The topological polar surface area (TPSA) is 78.7 Å². The summed E-state index contributed by atoms with van der Waals surface area (Å²) in [6.45, 7) is 5.55. The zero-order valence-electron chi connectivity index (χ0n) is 12.3. The van der Waals surface area contributed by atoms with Gasteiger partial charge in [-0.25, -0.2) is 4.79 Å². The van der Waals surface area contributed by atoms with Crippen molar-refractivity contribution in [2.75, 3.05) is 32.7 Å². The van der Waals surface area contributed by atoms with E-state index in [1.165, 1.54) is 0 Å². The second kappa shape index (κ2) is 6.92. The number of urea groups is 1. The summed E-state index contributed by atoms with van der Waals surface area (Å²) < 4.78 is 0. The molecule has 0 aromatic heterocycles. The molecule has 6 nitrogen and oxygen atoms in total. The van der Waals surface area contributed by atoms with Gasteiger partial charge in [0.25, 0.3) is 0 Å². The average Bonchev–Trinajstić information content (AvgIpc) is 2.45. The molecule has 2 aliphatic heterocycles. The van der Waals surface area contributed by atoms with Crippen molar-refractivity contribution in [1.29, 1.82) is 0 Å². The second-order valence-corrected chi connectivity index (χ2v) is 6.05. The third-order valence-electron chi connectivity index (χ3n) is 4.34. The van der Waals surface area contributed by atoms with Crippen LogP contribution in [0.4, 0.5) is 4.79 Å². The molecule has 2 saturated heterocycles. The number of nitrogens with two attached hydrogens (primary N) is 1. The van der Waals surface area contributed by atoms with Gasteiger partial charge in [-0.3, -0.25) is 4.79 Å². The minimum Gasteiger partial charge on any atom is -0.368 e. The van der Waals surface area contributed by atoms with Crippen LogP contribution in [0.3, 0.4) is 0 Å². The molecule has 0 aliphatic carbocycles. The van der Waals surface area contributed by atoms with Crippen molar-refractivity contribution in [3.63, 3.8) is 0 Å². The van der Waals surface area contributed by atoms with Gasteiger partial charge in [0.05, 0.1) is 0 Å². The Bertz CT molecular complexity index is 347. The summed E-state index contributed by atoms with van der Waals surface area (Å²) in [5, 5.41) is 3.29. The quantitative estimate of drug-likeness (QED) is 0.785. The Morgan fingerprint density at radius 2 is 2.00 bits per heavy atom. The molecular formula is C14H26N4O2. The molecule has 0 radical (unpaired) electrons. The molecule has 2 aliphatic rings. The molecular weight excluding hydrogens is 256 g/mol. The molecule has 6 heteroatoms.